The summed E-state index contributed by atoms with van der Waals surface area (Å²) in [6.45, 7) is 4.90. The van der Waals surface area contributed by atoms with Crippen LogP contribution in [-0.4, -0.2) is 45.8 Å². The van der Waals surface area contributed by atoms with E-state index in [0.717, 1.165) is 32.1 Å². The first-order valence-corrected chi connectivity index (χ1v) is 17.7. The second-order valence-electron chi connectivity index (χ2n) is 11.9. The Morgan fingerprint density at radius 3 is 1.34 bits per heavy atom. The summed E-state index contributed by atoms with van der Waals surface area (Å²) in [5.74, 6) is -4.40. The Labute approximate surface area is 268 Å². The van der Waals surface area contributed by atoms with Crippen LogP contribution in [0.2, 0.25) is 0 Å². The molecule has 0 aliphatic carbocycles. The molecule has 0 aliphatic rings. The lowest BCUT2D eigenvalue weighted by atomic mass is 10.0. The van der Waals surface area contributed by atoms with Gasteiger partial charge >= 0.3 is 23.9 Å². The highest BCUT2D eigenvalue weighted by Gasteiger charge is 2.17. The van der Waals surface area contributed by atoms with E-state index in [4.69, 9.17) is 20.1 Å². The van der Waals surface area contributed by atoms with Crippen molar-refractivity contribution >= 4 is 23.9 Å². The first-order chi connectivity index (χ1) is 21.2. The van der Waals surface area contributed by atoms with Gasteiger partial charge in [-0.3, -0.25) is 19.2 Å². The van der Waals surface area contributed by atoms with E-state index in [1.807, 2.05) is 0 Å². The van der Waals surface area contributed by atoms with Crippen LogP contribution in [0.4, 0.5) is 0 Å². The number of carboxylic acids is 3. The molecule has 258 valence electrons. The molecule has 1 atom stereocenters. The molecule has 0 aromatic carbocycles. The van der Waals surface area contributed by atoms with Crippen molar-refractivity contribution in [1.82, 2.24) is 0 Å². The molecule has 0 aromatic heterocycles. The van der Waals surface area contributed by atoms with Crippen LogP contribution in [0.3, 0.4) is 0 Å². The van der Waals surface area contributed by atoms with Crippen LogP contribution >= 0.6 is 0 Å². The Bertz CT molecular complexity index is 719. The highest BCUT2D eigenvalue weighted by Crippen LogP contribution is 2.14. The molecule has 3 N–H and O–H groups in total. The summed E-state index contributed by atoms with van der Waals surface area (Å²) in [5.41, 5.74) is 0. The standard InChI is InChI=1S/C20H38O4.C16H28O4/c1-2-3-4-5-6-7-8-9-10-11-12-13-14-15-18-24-20(23)17-16-19(21)22;1-2-3-4-5-6-7-8-9-10-11-12-14(16(19)20)13-15(17)18/h2-18H2,1H3,(H,21,22);11-12,14H,2-10,13H2,1H3,(H,17,18)(H,19,20). The fourth-order valence-corrected chi connectivity index (χ4v) is 4.85. The monoisotopic (exact) mass is 626 g/mol. The average Bonchev–Trinajstić information content (AvgIpc) is 2.98. The maximum atomic E-state index is 11.2. The summed E-state index contributed by atoms with van der Waals surface area (Å²) in [5, 5.41) is 25.9. The van der Waals surface area contributed by atoms with Gasteiger partial charge in [-0.05, 0) is 19.3 Å². The van der Waals surface area contributed by atoms with Crippen LogP contribution in [0.5, 0.6) is 0 Å². The third kappa shape index (κ3) is 37.6. The van der Waals surface area contributed by atoms with Crippen LogP contribution in [0.25, 0.3) is 0 Å². The molecule has 0 amide bonds. The van der Waals surface area contributed by atoms with E-state index in [1.54, 1.807) is 6.08 Å². The minimum atomic E-state index is -1.07. The summed E-state index contributed by atoms with van der Waals surface area (Å²) in [4.78, 5) is 42.8. The maximum absolute atomic E-state index is 11.2. The number of allylic oxidation sites excluding steroid dienone is 1. The predicted octanol–water partition coefficient (Wildman–Crippen LogP) is 10.1. The van der Waals surface area contributed by atoms with E-state index < -0.39 is 29.8 Å². The van der Waals surface area contributed by atoms with Crippen molar-refractivity contribution in [2.24, 2.45) is 5.92 Å². The minimum Gasteiger partial charge on any atom is -0.481 e. The maximum Gasteiger partial charge on any atom is 0.310 e. The van der Waals surface area contributed by atoms with Gasteiger partial charge in [-0.15, -0.1) is 0 Å². The van der Waals surface area contributed by atoms with Crippen molar-refractivity contribution in [2.75, 3.05) is 6.61 Å². The number of hydrogen-bond donors (Lipinski definition) is 3. The third-order valence-electron chi connectivity index (χ3n) is 7.61. The second-order valence-corrected chi connectivity index (χ2v) is 11.9. The van der Waals surface area contributed by atoms with E-state index in [2.05, 4.69) is 13.8 Å². The molecule has 0 aliphatic heterocycles. The molecule has 8 heteroatoms. The van der Waals surface area contributed by atoms with Crippen LogP contribution in [0, 0.1) is 5.92 Å². The zero-order valence-electron chi connectivity index (χ0n) is 28.2. The van der Waals surface area contributed by atoms with Gasteiger partial charge in [-0.1, -0.05) is 154 Å². The Kier molecular flexibility index (Phi) is 34.9. The highest BCUT2D eigenvalue weighted by atomic mass is 16.5. The van der Waals surface area contributed by atoms with E-state index in [1.165, 1.54) is 122 Å². The Morgan fingerprint density at radius 2 is 0.955 bits per heavy atom. The predicted molar refractivity (Wildman–Crippen MR) is 178 cm³/mol. The van der Waals surface area contributed by atoms with Gasteiger partial charge < -0.3 is 20.1 Å². The molecule has 0 saturated heterocycles. The zero-order valence-corrected chi connectivity index (χ0v) is 28.2. The number of esters is 1. The molecule has 0 radical (unpaired) electrons. The van der Waals surface area contributed by atoms with Crippen molar-refractivity contribution in [3.05, 3.63) is 12.2 Å². The normalized spacial score (nSPS) is 11.6. The fraction of sp³-hybridized carbons (Fsp3) is 0.833. The van der Waals surface area contributed by atoms with E-state index >= 15 is 0 Å². The number of ether oxygens (including phenoxy) is 1. The van der Waals surface area contributed by atoms with Gasteiger partial charge in [0.05, 0.1) is 31.8 Å². The number of carbonyl (C=O) groups is 4. The van der Waals surface area contributed by atoms with Crippen molar-refractivity contribution < 1.29 is 39.2 Å². The molecule has 44 heavy (non-hydrogen) atoms. The summed E-state index contributed by atoms with van der Waals surface area (Å²) < 4.78 is 5.00. The van der Waals surface area contributed by atoms with Crippen LogP contribution in [0.15, 0.2) is 12.2 Å². The number of unbranched alkanes of at least 4 members (excludes halogenated alkanes) is 21. The van der Waals surface area contributed by atoms with Crippen molar-refractivity contribution in [1.29, 1.82) is 0 Å². The molecule has 0 saturated carbocycles. The van der Waals surface area contributed by atoms with E-state index in [-0.39, 0.29) is 19.3 Å². The molecule has 8 nitrogen and oxygen atoms in total. The van der Waals surface area contributed by atoms with E-state index in [0.29, 0.717) is 6.61 Å². The molecule has 0 aromatic rings. The van der Waals surface area contributed by atoms with Gasteiger partial charge in [0.1, 0.15) is 0 Å². The molecule has 0 spiro atoms. The second kappa shape index (κ2) is 35.1. The van der Waals surface area contributed by atoms with Crippen molar-refractivity contribution in [3.8, 4) is 0 Å². The minimum absolute atomic E-state index is 0.0199. The lowest BCUT2D eigenvalue weighted by Crippen LogP contribution is -2.15. The molecular weight excluding hydrogens is 560 g/mol. The first-order valence-electron chi connectivity index (χ1n) is 17.7. The van der Waals surface area contributed by atoms with Gasteiger partial charge in [0.2, 0.25) is 0 Å². The van der Waals surface area contributed by atoms with Gasteiger partial charge in [-0.25, -0.2) is 0 Å². The number of carboxylic acid groups (broad SMARTS) is 3. The topological polar surface area (TPSA) is 138 Å². The SMILES string of the molecule is CCCCCCCCCCC=CC(CC(=O)O)C(=O)O.CCCCCCCCCCCCCCCCOC(=O)CCC(=O)O. The van der Waals surface area contributed by atoms with Gasteiger partial charge in [0.25, 0.3) is 0 Å². The van der Waals surface area contributed by atoms with E-state index in [9.17, 15) is 19.2 Å². The molecule has 1 unspecified atom stereocenters. The van der Waals surface area contributed by atoms with Crippen LogP contribution in [-0.2, 0) is 23.9 Å². The number of hydrogen-bond acceptors (Lipinski definition) is 5. The lowest BCUT2D eigenvalue weighted by molar-refractivity contribution is -0.147. The third-order valence-corrected chi connectivity index (χ3v) is 7.61. The molecular formula is C36H66O8. The lowest BCUT2D eigenvalue weighted by Gasteiger charge is -2.04. The largest absolute Gasteiger partial charge is 0.481 e. The van der Waals surface area contributed by atoms with Gasteiger partial charge in [0.15, 0.2) is 0 Å². The number of carbonyl (C=O) groups excluding carboxylic acids is 1. The van der Waals surface area contributed by atoms with Crippen LogP contribution in [0.1, 0.15) is 181 Å². The van der Waals surface area contributed by atoms with Crippen LogP contribution < -0.4 is 0 Å². The molecule has 0 fully saturated rings. The average molecular weight is 627 g/mol. The Balaban J connectivity index is 0. The number of rotatable bonds is 31. The number of aliphatic carboxylic acids is 3. The quantitative estimate of drug-likeness (QED) is 0.0392. The molecule has 0 bridgehead atoms. The smallest absolute Gasteiger partial charge is 0.310 e. The van der Waals surface area contributed by atoms with Gasteiger partial charge in [0, 0.05) is 0 Å². The summed E-state index contributed by atoms with van der Waals surface area (Å²) in [7, 11) is 0. The zero-order chi connectivity index (χ0) is 33.1. The van der Waals surface area contributed by atoms with Crippen molar-refractivity contribution in [2.45, 2.75) is 181 Å². The first kappa shape index (κ1) is 43.7. The van der Waals surface area contributed by atoms with Gasteiger partial charge in [-0.2, -0.15) is 0 Å². The summed E-state index contributed by atoms with van der Waals surface area (Å²) in [6, 6.07) is 0. The van der Waals surface area contributed by atoms with Crippen molar-refractivity contribution in [3.63, 3.8) is 0 Å². The molecule has 0 rings (SSSR count). The molecule has 0 heterocycles. The summed E-state index contributed by atoms with van der Waals surface area (Å²) >= 11 is 0. The Morgan fingerprint density at radius 1 is 0.545 bits per heavy atom. The highest BCUT2D eigenvalue weighted by molar-refractivity contribution is 5.79. The Hall–Kier alpha value is -2.38. The summed E-state index contributed by atoms with van der Waals surface area (Å²) in [6.07, 6.45) is 31.8. The fourth-order valence-electron chi connectivity index (χ4n) is 4.85.